The van der Waals surface area contributed by atoms with E-state index in [1.165, 1.54) is 35.4 Å². The highest BCUT2D eigenvalue weighted by Gasteiger charge is 2.22. The summed E-state index contributed by atoms with van der Waals surface area (Å²) >= 11 is 3.00. The lowest BCUT2D eigenvalue weighted by molar-refractivity contribution is 0.0949. The van der Waals surface area contributed by atoms with Gasteiger partial charge in [0.15, 0.2) is 9.99 Å². The largest absolute Gasteiger partial charge is 0.401 e. The highest BCUT2D eigenvalue weighted by Crippen LogP contribution is 2.33. The minimum atomic E-state index is -0.321. The molecule has 22 heavy (non-hydrogen) atoms. The summed E-state index contributed by atoms with van der Waals surface area (Å²) in [6.45, 7) is 0.147. The molecule has 2 aromatic heterocycles. The Morgan fingerprint density at radius 2 is 2.27 bits per heavy atom. The van der Waals surface area contributed by atoms with Gasteiger partial charge in [0.25, 0.3) is 5.91 Å². The van der Waals surface area contributed by atoms with E-state index in [1.54, 1.807) is 11.6 Å². The van der Waals surface area contributed by atoms with Gasteiger partial charge in [-0.2, -0.15) is 0 Å². The normalized spacial score (nSPS) is 11.6. The van der Waals surface area contributed by atoms with Gasteiger partial charge in [-0.1, -0.05) is 11.8 Å². The molecule has 116 valence electrons. The van der Waals surface area contributed by atoms with Crippen molar-refractivity contribution in [2.24, 2.45) is 12.8 Å². The van der Waals surface area contributed by atoms with E-state index in [9.17, 15) is 4.79 Å². The topological polar surface area (TPSA) is 121 Å². The molecule has 0 aliphatic heterocycles. The predicted molar refractivity (Wildman–Crippen MR) is 91.6 cm³/mol. The number of aryl methyl sites for hydroxylation is 1. The first-order valence-corrected chi connectivity index (χ1v) is 8.34. The van der Waals surface area contributed by atoms with Crippen LogP contribution in [0.15, 0.2) is 16.1 Å². The van der Waals surface area contributed by atoms with E-state index in [0.717, 1.165) is 15.3 Å². The number of thioether (sulfide) groups is 1. The average molecular weight is 336 g/mol. The summed E-state index contributed by atoms with van der Waals surface area (Å²) in [5.41, 5.74) is 7.67. The van der Waals surface area contributed by atoms with Crippen LogP contribution in [0.5, 0.6) is 0 Å². The third kappa shape index (κ3) is 2.90. The zero-order valence-corrected chi connectivity index (χ0v) is 13.8. The molecule has 0 saturated carbocycles. The van der Waals surface area contributed by atoms with E-state index < -0.39 is 0 Å². The van der Waals surface area contributed by atoms with Crippen molar-refractivity contribution in [2.45, 2.75) is 4.34 Å². The summed E-state index contributed by atoms with van der Waals surface area (Å²) in [5.74, 6) is -0.321. The van der Waals surface area contributed by atoms with Gasteiger partial charge in [-0.3, -0.25) is 4.79 Å². The number of fused-ring (bicyclic) bond motifs is 1. The maximum absolute atomic E-state index is 12.4. The summed E-state index contributed by atoms with van der Waals surface area (Å²) in [5, 5.41) is 17.2. The molecule has 0 aliphatic rings. The number of rotatable bonds is 6. The second-order valence-electron chi connectivity index (χ2n) is 4.39. The Labute approximate surface area is 135 Å². The number of allylic oxidation sites excluding steroid dienone is 1. The second-order valence-corrected chi connectivity index (χ2v) is 6.45. The van der Waals surface area contributed by atoms with Crippen LogP contribution in [0, 0.1) is 10.8 Å². The molecule has 0 atom stereocenters. The average Bonchev–Trinajstić information content (AvgIpc) is 3.03. The second kappa shape index (κ2) is 6.75. The molecule has 2 rings (SSSR count). The van der Waals surface area contributed by atoms with Gasteiger partial charge in [0.05, 0.1) is 11.2 Å². The molecule has 9 heteroatoms. The van der Waals surface area contributed by atoms with Crippen LogP contribution < -0.4 is 11.1 Å². The number of amides is 1. The third-order valence-corrected chi connectivity index (χ3v) is 5.09. The van der Waals surface area contributed by atoms with Crippen LogP contribution in [0.3, 0.4) is 0 Å². The van der Waals surface area contributed by atoms with Gasteiger partial charge in [0, 0.05) is 30.7 Å². The molecule has 2 aromatic rings. The van der Waals surface area contributed by atoms with E-state index in [1.807, 2.05) is 6.26 Å². The molecule has 0 aromatic carbocycles. The van der Waals surface area contributed by atoms with Gasteiger partial charge in [0.2, 0.25) is 0 Å². The number of nitrogens with two attached hydrogens (primary N) is 1. The van der Waals surface area contributed by atoms with Crippen LogP contribution in [-0.4, -0.2) is 40.7 Å². The zero-order chi connectivity index (χ0) is 16.3. The molecule has 2 heterocycles. The third-order valence-electron chi connectivity index (χ3n) is 3.03. The van der Waals surface area contributed by atoms with Gasteiger partial charge in [-0.05, 0) is 12.3 Å². The number of nitrogens with one attached hydrogen (secondary N) is 3. The minimum Gasteiger partial charge on any atom is -0.401 e. The van der Waals surface area contributed by atoms with Crippen molar-refractivity contribution in [1.82, 2.24) is 14.9 Å². The number of thiazole rings is 1. The van der Waals surface area contributed by atoms with Crippen molar-refractivity contribution in [1.29, 1.82) is 10.8 Å². The standard InChI is InChI=1S/C13H16N6OS2/c1-19-9(12(20)17-6-7(16)3-4-14)8(5-15)10-11(19)18-13(21-2)22-10/h3-5,14-15H,6,16H2,1-2H3,(H,17,20). The number of hydrogen-bond donors (Lipinski definition) is 4. The van der Waals surface area contributed by atoms with Crippen molar-refractivity contribution in [2.75, 3.05) is 12.8 Å². The molecule has 5 N–H and O–H groups in total. The lowest BCUT2D eigenvalue weighted by Crippen LogP contribution is -2.30. The molecule has 0 fully saturated rings. The summed E-state index contributed by atoms with van der Waals surface area (Å²) in [6, 6.07) is 0. The van der Waals surface area contributed by atoms with E-state index in [4.69, 9.17) is 16.6 Å². The van der Waals surface area contributed by atoms with Crippen molar-refractivity contribution in [3.63, 3.8) is 0 Å². The van der Waals surface area contributed by atoms with Gasteiger partial charge >= 0.3 is 0 Å². The van der Waals surface area contributed by atoms with Gasteiger partial charge < -0.3 is 26.4 Å². The Kier molecular flexibility index (Phi) is 4.99. The van der Waals surface area contributed by atoms with E-state index in [-0.39, 0.29) is 12.5 Å². The number of carbonyl (C=O) groups excluding carboxylic acids is 1. The smallest absolute Gasteiger partial charge is 0.269 e. The summed E-state index contributed by atoms with van der Waals surface area (Å²) in [7, 11) is 1.75. The summed E-state index contributed by atoms with van der Waals surface area (Å²) in [4.78, 5) is 16.8. The number of nitrogens with zero attached hydrogens (tertiary/aromatic N) is 2. The number of carbonyl (C=O) groups is 1. The van der Waals surface area contributed by atoms with Crippen molar-refractivity contribution < 1.29 is 4.79 Å². The Morgan fingerprint density at radius 1 is 1.55 bits per heavy atom. The molecular weight excluding hydrogens is 320 g/mol. The number of hydrogen-bond acceptors (Lipinski definition) is 7. The van der Waals surface area contributed by atoms with Crippen molar-refractivity contribution in [3.05, 3.63) is 23.0 Å². The van der Waals surface area contributed by atoms with Crippen LogP contribution in [0.25, 0.3) is 10.3 Å². The Hall–Kier alpha value is -2.13. The first-order valence-electron chi connectivity index (χ1n) is 6.30. The molecule has 0 aliphatic carbocycles. The van der Waals surface area contributed by atoms with Crippen LogP contribution >= 0.6 is 23.1 Å². The van der Waals surface area contributed by atoms with Gasteiger partial charge in [-0.25, -0.2) is 4.98 Å². The number of aromatic nitrogens is 2. The van der Waals surface area contributed by atoms with Crippen LogP contribution in [0.1, 0.15) is 16.1 Å². The molecule has 0 spiro atoms. The van der Waals surface area contributed by atoms with Crippen molar-refractivity contribution >= 4 is 51.8 Å². The zero-order valence-electron chi connectivity index (χ0n) is 12.1. The quantitative estimate of drug-likeness (QED) is 0.472. The summed E-state index contributed by atoms with van der Waals surface area (Å²) < 4.78 is 3.42. The van der Waals surface area contributed by atoms with Crippen LogP contribution in [-0.2, 0) is 7.05 Å². The molecule has 0 bridgehead atoms. The first-order chi connectivity index (χ1) is 10.5. The van der Waals surface area contributed by atoms with Gasteiger partial charge in [0.1, 0.15) is 5.69 Å². The predicted octanol–water partition coefficient (Wildman–Crippen LogP) is 1.58. The molecule has 0 saturated heterocycles. The lowest BCUT2D eigenvalue weighted by Gasteiger charge is -2.07. The highest BCUT2D eigenvalue weighted by molar-refractivity contribution is 8.00. The molecule has 0 unspecified atom stereocenters. The minimum absolute atomic E-state index is 0.147. The Balaban J connectivity index is 2.38. The maximum Gasteiger partial charge on any atom is 0.269 e. The molecular formula is C13H16N6OS2. The van der Waals surface area contributed by atoms with Crippen molar-refractivity contribution in [3.8, 4) is 0 Å². The Morgan fingerprint density at radius 3 is 2.86 bits per heavy atom. The fourth-order valence-corrected chi connectivity index (χ4v) is 3.62. The molecule has 7 nitrogen and oxygen atoms in total. The lowest BCUT2D eigenvalue weighted by atomic mass is 10.2. The van der Waals surface area contributed by atoms with E-state index >= 15 is 0 Å². The van der Waals surface area contributed by atoms with Gasteiger partial charge in [-0.15, -0.1) is 11.3 Å². The first kappa shape index (κ1) is 16.2. The molecule has 1 amide bonds. The van der Waals surface area contributed by atoms with Crippen LogP contribution in [0.2, 0.25) is 0 Å². The molecule has 0 radical (unpaired) electrons. The highest BCUT2D eigenvalue weighted by atomic mass is 32.2. The van der Waals surface area contributed by atoms with E-state index in [0.29, 0.717) is 22.6 Å². The SMILES string of the molecule is CSc1nc2c(s1)c(C=N)c(C(=O)NCC(N)=CC=N)n2C. The monoisotopic (exact) mass is 336 g/mol. The maximum atomic E-state index is 12.4. The van der Waals surface area contributed by atoms with E-state index in [2.05, 4.69) is 10.3 Å². The fourth-order valence-electron chi connectivity index (χ4n) is 2.02. The fraction of sp³-hybridized carbons (Fsp3) is 0.231. The Bertz CT molecular complexity index is 773. The van der Waals surface area contributed by atoms with Crippen LogP contribution in [0.4, 0.5) is 0 Å². The summed E-state index contributed by atoms with van der Waals surface area (Å²) in [6.07, 6.45) is 5.59.